The summed E-state index contributed by atoms with van der Waals surface area (Å²) in [6, 6.07) is 1.17. The maximum Gasteiger partial charge on any atom is 4.00 e. The molecule has 0 N–H and O–H groups in total. The summed E-state index contributed by atoms with van der Waals surface area (Å²) in [5.74, 6) is 1.07. The van der Waals surface area contributed by atoms with Crippen LogP contribution in [0.5, 0.6) is 0 Å². The van der Waals surface area contributed by atoms with E-state index in [-0.39, 0.29) is 36.6 Å². The largest absolute Gasteiger partial charge is 4.00 e. The SMILES string of the molecule is CC(=NC1CCCCC1)[N-]C1CCCCC1.[CH3-].[CH3-].[CH]1[CH][CH][CH][CH]1.[Ti+4]. The fraction of sp³-hybridized carbons (Fsp3) is 0.619. The van der Waals surface area contributed by atoms with Gasteiger partial charge in [0.1, 0.15) is 0 Å². The summed E-state index contributed by atoms with van der Waals surface area (Å²) in [6.07, 6.45) is 23.4. The van der Waals surface area contributed by atoms with Crippen molar-refractivity contribution in [3.05, 3.63) is 52.3 Å². The predicted molar refractivity (Wildman–Crippen MR) is 105 cm³/mol. The summed E-state index contributed by atoms with van der Waals surface area (Å²) in [5, 5.41) is 4.78. The zero-order valence-corrected chi connectivity index (χ0v) is 17.6. The molecule has 0 heterocycles. The topological polar surface area (TPSA) is 26.5 Å². The summed E-state index contributed by atoms with van der Waals surface area (Å²) in [7, 11) is 0. The molecule has 0 bridgehead atoms. The molecule has 0 aromatic rings. The molecular formula is C21H36N2Ti+. The van der Waals surface area contributed by atoms with Crippen molar-refractivity contribution in [2.45, 2.75) is 83.2 Å². The minimum absolute atomic E-state index is 0. The van der Waals surface area contributed by atoms with E-state index in [2.05, 4.69) is 6.92 Å². The molecule has 3 aliphatic rings. The Morgan fingerprint density at radius 1 is 0.750 bits per heavy atom. The Morgan fingerprint density at radius 2 is 1.17 bits per heavy atom. The Kier molecular flexibility index (Phi) is 18.3. The Balaban J connectivity index is 0. The van der Waals surface area contributed by atoms with E-state index < -0.39 is 0 Å². The Morgan fingerprint density at radius 3 is 1.62 bits per heavy atom. The van der Waals surface area contributed by atoms with Gasteiger partial charge in [0.05, 0.1) is 0 Å². The van der Waals surface area contributed by atoms with Gasteiger partial charge in [-0.2, -0.15) is 0 Å². The average molecular weight is 364 g/mol. The van der Waals surface area contributed by atoms with Crippen LogP contribution in [0, 0.1) is 47.0 Å². The molecule has 3 rings (SSSR count). The molecule has 0 atom stereocenters. The van der Waals surface area contributed by atoms with Crippen LogP contribution >= 0.6 is 0 Å². The number of hydrogen-bond acceptors (Lipinski definition) is 1. The molecule has 0 unspecified atom stereocenters. The Hall–Kier alpha value is 0.184. The number of rotatable bonds is 2. The fourth-order valence-electron chi connectivity index (χ4n) is 3.30. The molecule has 2 nitrogen and oxygen atoms in total. The zero-order valence-electron chi connectivity index (χ0n) is 16.0. The van der Waals surface area contributed by atoms with E-state index in [0.717, 1.165) is 5.84 Å². The van der Waals surface area contributed by atoms with E-state index in [1.54, 1.807) is 0 Å². The van der Waals surface area contributed by atoms with Crippen LogP contribution in [0.3, 0.4) is 0 Å². The molecule has 0 saturated heterocycles. The van der Waals surface area contributed by atoms with Gasteiger partial charge in [0.25, 0.3) is 0 Å². The van der Waals surface area contributed by atoms with Gasteiger partial charge in [-0.25, -0.2) is 0 Å². The van der Waals surface area contributed by atoms with Crippen LogP contribution in [0.4, 0.5) is 0 Å². The Labute approximate surface area is 167 Å². The van der Waals surface area contributed by atoms with E-state index in [9.17, 15) is 0 Å². The first-order valence-electron chi connectivity index (χ1n) is 8.76. The van der Waals surface area contributed by atoms with Crippen LogP contribution in [0.2, 0.25) is 0 Å². The molecule has 0 amide bonds. The quantitative estimate of drug-likeness (QED) is 0.236. The standard InChI is InChI=1S/C14H25N2.C5H5.2CH3.Ti/c1-12(15-13-8-4-2-5-9-13)16-14-10-6-3-7-11-14;1-2-4-5-3-1;;;/h13-14H,2-11H2,1H3;1-5H;2*1H3;/q-1;;2*-1;+4. The van der Waals surface area contributed by atoms with Gasteiger partial charge in [-0.1, -0.05) is 70.0 Å². The second-order valence-electron chi connectivity index (χ2n) is 6.35. The van der Waals surface area contributed by atoms with Crippen molar-refractivity contribution in [1.29, 1.82) is 0 Å². The molecule has 0 aliphatic heterocycles. The van der Waals surface area contributed by atoms with Gasteiger partial charge in [0.15, 0.2) is 0 Å². The van der Waals surface area contributed by atoms with Gasteiger partial charge >= 0.3 is 21.7 Å². The monoisotopic (exact) mass is 364 g/mol. The van der Waals surface area contributed by atoms with Gasteiger partial charge in [-0.3, -0.25) is 0 Å². The summed E-state index contributed by atoms with van der Waals surface area (Å²) in [6.45, 7) is 2.10. The summed E-state index contributed by atoms with van der Waals surface area (Å²) < 4.78 is 0. The van der Waals surface area contributed by atoms with Crippen molar-refractivity contribution in [3.63, 3.8) is 0 Å². The van der Waals surface area contributed by atoms with Crippen LogP contribution in [-0.2, 0) is 21.7 Å². The van der Waals surface area contributed by atoms with E-state index in [1.807, 2.05) is 32.1 Å². The van der Waals surface area contributed by atoms with Gasteiger partial charge in [0, 0.05) is 0 Å². The number of amidine groups is 1. The number of nitrogens with zero attached hydrogens (tertiary/aromatic N) is 2. The first kappa shape index (κ1) is 26.4. The first-order chi connectivity index (χ1) is 10.3. The molecule has 0 aromatic carbocycles. The van der Waals surface area contributed by atoms with Crippen molar-refractivity contribution < 1.29 is 21.7 Å². The molecule has 0 spiro atoms. The molecule has 3 aliphatic carbocycles. The number of aliphatic imine (C=N–C) groups is 1. The molecule has 133 valence electrons. The van der Waals surface area contributed by atoms with Crippen LogP contribution in [0.15, 0.2) is 4.99 Å². The normalized spacial score (nSPS) is 22.1. The van der Waals surface area contributed by atoms with Gasteiger partial charge in [-0.15, -0.1) is 0 Å². The molecular weight excluding hydrogens is 328 g/mol. The van der Waals surface area contributed by atoms with E-state index in [4.69, 9.17) is 10.3 Å². The van der Waals surface area contributed by atoms with Crippen molar-refractivity contribution in [1.82, 2.24) is 0 Å². The molecule has 24 heavy (non-hydrogen) atoms. The molecule has 3 heteroatoms. The van der Waals surface area contributed by atoms with Crippen molar-refractivity contribution in [3.8, 4) is 0 Å². The second-order valence-corrected chi connectivity index (χ2v) is 6.35. The molecule has 0 aromatic heterocycles. The van der Waals surface area contributed by atoms with Crippen LogP contribution in [0.1, 0.15) is 71.1 Å². The minimum atomic E-state index is 0. The third-order valence-electron chi connectivity index (χ3n) is 4.44. The predicted octanol–water partition coefficient (Wildman–Crippen LogP) is 6.36. The van der Waals surface area contributed by atoms with Crippen LogP contribution in [-0.4, -0.2) is 17.9 Å². The van der Waals surface area contributed by atoms with Crippen molar-refractivity contribution in [2.75, 3.05) is 0 Å². The van der Waals surface area contributed by atoms with Crippen LogP contribution < -0.4 is 0 Å². The molecule has 5 radical (unpaired) electrons. The molecule has 3 fully saturated rings. The van der Waals surface area contributed by atoms with Crippen LogP contribution in [0.25, 0.3) is 5.32 Å². The van der Waals surface area contributed by atoms with E-state index in [0.29, 0.717) is 12.1 Å². The third-order valence-corrected chi connectivity index (χ3v) is 4.44. The number of hydrogen-bond donors (Lipinski definition) is 0. The fourth-order valence-corrected chi connectivity index (χ4v) is 3.30. The van der Waals surface area contributed by atoms with Crippen molar-refractivity contribution in [2.24, 2.45) is 4.99 Å². The minimum Gasteiger partial charge on any atom is -0.466 e. The third kappa shape index (κ3) is 11.7. The van der Waals surface area contributed by atoms with E-state index >= 15 is 0 Å². The first-order valence-corrected chi connectivity index (χ1v) is 8.76. The van der Waals surface area contributed by atoms with E-state index in [1.165, 1.54) is 64.2 Å². The smallest absolute Gasteiger partial charge is 0.466 e. The Bertz CT molecular complexity index is 281. The van der Waals surface area contributed by atoms with Gasteiger partial charge in [0.2, 0.25) is 0 Å². The second kappa shape index (κ2) is 16.6. The van der Waals surface area contributed by atoms with Gasteiger partial charge in [-0.05, 0) is 51.1 Å². The molecule has 3 saturated carbocycles. The maximum atomic E-state index is 4.78. The van der Waals surface area contributed by atoms with Crippen molar-refractivity contribution >= 4 is 5.84 Å². The summed E-state index contributed by atoms with van der Waals surface area (Å²) >= 11 is 0. The maximum absolute atomic E-state index is 4.78. The average Bonchev–Trinajstić information content (AvgIpc) is 3.09. The summed E-state index contributed by atoms with van der Waals surface area (Å²) in [4.78, 5) is 4.78. The van der Waals surface area contributed by atoms with Gasteiger partial charge < -0.3 is 25.2 Å². The zero-order chi connectivity index (χ0) is 14.8. The summed E-state index contributed by atoms with van der Waals surface area (Å²) in [5.41, 5.74) is 0.